The van der Waals surface area contributed by atoms with Gasteiger partial charge in [-0.05, 0) is 49.4 Å². The minimum atomic E-state index is -3.44. The van der Waals surface area contributed by atoms with Crippen molar-refractivity contribution in [2.75, 3.05) is 18.4 Å². The molecule has 1 aliphatic rings. The highest BCUT2D eigenvalue weighted by Gasteiger charge is 2.26. The quantitative estimate of drug-likeness (QED) is 0.639. The first-order chi connectivity index (χ1) is 13.5. The van der Waals surface area contributed by atoms with E-state index >= 15 is 0 Å². The van der Waals surface area contributed by atoms with Crippen molar-refractivity contribution in [1.82, 2.24) is 9.29 Å². The molecule has 1 saturated heterocycles. The number of oxazole rings is 1. The number of hydrogen-bond donors (Lipinski definition) is 1. The Hall–Kier alpha value is -2.16. The molecular formula is C20H23N3O3S2. The highest BCUT2D eigenvalue weighted by molar-refractivity contribution is 7.89. The van der Waals surface area contributed by atoms with E-state index in [9.17, 15) is 8.42 Å². The Balaban J connectivity index is 1.48. The van der Waals surface area contributed by atoms with Gasteiger partial charge >= 0.3 is 0 Å². The van der Waals surface area contributed by atoms with Gasteiger partial charge in [0, 0.05) is 18.8 Å². The Morgan fingerprint density at radius 3 is 2.75 bits per heavy atom. The summed E-state index contributed by atoms with van der Waals surface area (Å²) < 4.78 is 33.1. The van der Waals surface area contributed by atoms with Gasteiger partial charge in [0.25, 0.3) is 0 Å². The molecule has 0 saturated carbocycles. The van der Waals surface area contributed by atoms with Crippen molar-refractivity contribution in [3.05, 3.63) is 53.2 Å². The highest BCUT2D eigenvalue weighted by atomic mass is 32.2. The van der Waals surface area contributed by atoms with Crippen molar-refractivity contribution in [2.24, 2.45) is 0 Å². The summed E-state index contributed by atoms with van der Waals surface area (Å²) in [5, 5.41) is 5.26. The number of nitrogens with zero attached hydrogens (tertiary/aromatic N) is 2. The van der Waals surface area contributed by atoms with Gasteiger partial charge in [0.05, 0.1) is 16.3 Å². The van der Waals surface area contributed by atoms with Crippen LogP contribution in [0.5, 0.6) is 0 Å². The van der Waals surface area contributed by atoms with E-state index in [0.29, 0.717) is 30.4 Å². The van der Waals surface area contributed by atoms with Gasteiger partial charge in [0.15, 0.2) is 0 Å². The van der Waals surface area contributed by atoms with E-state index in [0.717, 1.165) is 41.3 Å². The highest BCUT2D eigenvalue weighted by Crippen LogP contribution is 2.27. The molecule has 4 rings (SSSR count). The van der Waals surface area contributed by atoms with Crippen LogP contribution in [0.3, 0.4) is 0 Å². The molecule has 8 heteroatoms. The third-order valence-electron chi connectivity index (χ3n) is 4.87. The maximum absolute atomic E-state index is 12.9. The predicted octanol–water partition coefficient (Wildman–Crippen LogP) is 4.50. The van der Waals surface area contributed by atoms with Gasteiger partial charge in [-0.25, -0.2) is 13.4 Å². The summed E-state index contributed by atoms with van der Waals surface area (Å²) in [5.74, 6) is 1.37. The predicted molar refractivity (Wildman–Crippen MR) is 111 cm³/mol. The number of benzene rings is 1. The second kappa shape index (κ2) is 8.06. The van der Waals surface area contributed by atoms with Crippen molar-refractivity contribution in [1.29, 1.82) is 0 Å². The smallest absolute Gasteiger partial charge is 0.243 e. The number of aromatic nitrogens is 1. The third-order valence-corrected chi connectivity index (χ3v) is 7.62. The van der Waals surface area contributed by atoms with Crippen LogP contribution in [0.2, 0.25) is 0 Å². The van der Waals surface area contributed by atoms with E-state index in [2.05, 4.69) is 10.3 Å². The van der Waals surface area contributed by atoms with Crippen molar-refractivity contribution in [3.63, 3.8) is 0 Å². The SMILES string of the molecule is Cc1oc(-c2cccs2)nc1CNc1cccc(S(=O)(=O)N2CCCCC2)c1. The van der Waals surface area contributed by atoms with Gasteiger partial charge in [-0.1, -0.05) is 18.6 Å². The first-order valence-corrected chi connectivity index (χ1v) is 11.7. The van der Waals surface area contributed by atoms with Crippen LogP contribution in [0.1, 0.15) is 30.7 Å². The maximum Gasteiger partial charge on any atom is 0.243 e. The molecule has 6 nitrogen and oxygen atoms in total. The van der Waals surface area contributed by atoms with E-state index in [4.69, 9.17) is 4.42 Å². The largest absolute Gasteiger partial charge is 0.440 e. The summed E-state index contributed by atoms with van der Waals surface area (Å²) in [6.07, 6.45) is 2.95. The Bertz CT molecular complexity index is 1040. The van der Waals surface area contributed by atoms with E-state index in [1.807, 2.05) is 30.5 Å². The number of hydrogen-bond acceptors (Lipinski definition) is 6. The molecule has 0 radical (unpaired) electrons. The number of aryl methyl sites for hydroxylation is 1. The molecule has 1 N–H and O–H groups in total. The van der Waals surface area contributed by atoms with Crippen LogP contribution in [0.4, 0.5) is 5.69 Å². The summed E-state index contributed by atoms with van der Waals surface area (Å²) in [7, 11) is -3.44. The minimum absolute atomic E-state index is 0.329. The summed E-state index contributed by atoms with van der Waals surface area (Å²) in [5.41, 5.74) is 1.56. The Kier molecular flexibility index (Phi) is 5.52. The van der Waals surface area contributed by atoms with Gasteiger partial charge in [0.1, 0.15) is 11.5 Å². The van der Waals surface area contributed by atoms with Crippen LogP contribution in [0, 0.1) is 6.92 Å². The summed E-state index contributed by atoms with van der Waals surface area (Å²) in [6, 6.07) is 10.9. The number of sulfonamides is 1. The topological polar surface area (TPSA) is 75.4 Å². The number of nitrogens with one attached hydrogen (secondary N) is 1. The average Bonchev–Trinajstić information content (AvgIpc) is 3.37. The molecule has 1 aliphatic heterocycles. The fourth-order valence-electron chi connectivity index (χ4n) is 3.30. The van der Waals surface area contributed by atoms with Gasteiger partial charge in [0.2, 0.25) is 15.9 Å². The lowest BCUT2D eigenvalue weighted by Crippen LogP contribution is -2.35. The molecule has 28 heavy (non-hydrogen) atoms. The Labute approximate surface area is 169 Å². The second-order valence-electron chi connectivity index (χ2n) is 6.85. The molecule has 0 amide bonds. The zero-order valence-corrected chi connectivity index (χ0v) is 17.4. The monoisotopic (exact) mass is 417 g/mol. The zero-order chi connectivity index (χ0) is 19.6. The van der Waals surface area contributed by atoms with E-state index in [-0.39, 0.29) is 0 Å². The molecule has 0 atom stereocenters. The second-order valence-corrected chi connectivity index (χ2v) is 9.73. The van der Waals surface area contributed by atoms with Gasteiger partial charge < -0.3 is 9.73 Å². The number of anilines is 1. The molecule has 3 aromatic rings. The fourth-order valence-corrected chi connectivity index (χ4v) is 5.52. The molecule has 1 fully saturated rings. The third kappa shape index (κ3) is 3.99. The van der Waals surface area contributed by atoms with E-state index < -0.39 is 10.0 Å². The van der Waals surface area contributed by atoms with Crippen LogP contribution in [0.25, 0.3) is 10.8 Å². The van der Waals surface area contributed by atoms with E-state index in [1.165, 1.54) is 0 Å². The molecule has 0 aliphatic carbocycles. The first kappa shape index (κ1) is 19.2. The number of thiophene rings is 1. The molecule has 0 unspecified atom stereocenters. The standard InChI is InChI=1S/C20H23N3O3S2/c1-15-18(22-20(26-15)19-9-6-12-27-19)14-21-16-7-5-8-17(13-16)28(24,25)23-10-3-2-4-11-23/h5-9,12-13,21H,2-4,10-11,14H2,1H3. The molecule has 0 spiro atoms. The molecule has 3 heterocycles. The van der Waals surface area contributed by atoms with Gasteiger partial charge in [-0.3, -0.25) is 0 Å². The van der Waals surface area contributed by atoms with Crippen LogP contribution < -0.4 is 5.32 Å². The number of piperidine rings is 1. The number of rotatable bonds is 6. The lowest BCUT2D eigenvalue weighted by Gasteiger charge is -2.26. The van der Waals surface area contributed by atoms with Crippen molar-refractivity contribution in [2.45, 2.75) is 37.6 Å². The van der Waals surface area contributed by atoms with Crippen LogP contribution in [-0.2, 0) is 16.6 Å². The molecule has 2 aromatic heterocycles. The van der Waals surface area contributed by atoms with Gasteiger partial charge in [-0.15, -0.1) is 11.3 Å². The van der Waals surface area contributed by atoms with E-state index in [1.54, 1.807) is 33.8 Å². The van der Waals surface area contributed by atoms with Crippen LogP contribution in [-0.4, -0.2) is 30.8 Å². The van der Waals surface area contributed by atoms with Crippen LogP contribution >= 0.6 is 11.3 Å². The lowest BCUT2D eigenvalue weighted by molar-refractivity contribution is 0.346. The minimum Gasteiger partial charge on any atom is -0.440 e. The summed E-state index contributed by atoms with van der Waals surface area (Å²) >= 11 is 1.58. The maximum atomic E-state index is 12.9. The van der Waals surface area contributed by atoms with Crippen molar-refractivity contribution in [3.8, 4) is 10.8 Å². The Morgan fingerprint density at radius 1 is 1.18 bits per heavy atom. The normalized spacial score (nSPS) is 15.6. The molecule has 1 aromatic carbocycles. The average molecular weight is 418 g/mol. The zero-order valence-electron chi connectivity index (χ0n) is 15.7. The lowest BCUT2D eigenvalue weighted by atomic mass is 10.2. The molecule has 0 bridgehead atoms. The molecular weight excluding hydrogens is 394 g/mol. The van der Waals surface area contributed by atoms with Crippen LogP contribution in [0.15, 0.2) is 51.1 Å². The Morgan fingerprint density at radius 2 is 2.00 bits per heavy atom. The fraction of sp³-hybridized carbons (Fsp3) is 0.350. The van der Waals surface area contributed by atoms with Crippen molar-refractivity contribution < 1.29 is 12.8 Å². The first-order valence-electron chi connectivity index (χ1n) is 9.38. The van der Waals surface area contributed by atoms with Crippen molar-refractivity contribution >= 4 is 27.0 Å². The summed E-state index contributed by atoms with van der Waals surface area (Å²) in [4.78, 5) is 5.89. The molecule has 148 valence electrons. The summed E-state index contributed by atoms with van der Waals surface area (Å²) in [6.45, 7) is 3.56. The van der Waals surface area contributed by atoms with Gasteiger partial charge in [-0.2, -0.15) is 4.31 Å².